The Labute approximate surface area is 151 Å². The topological polar surface area (TPSA) is 103 Å². The van der Waals surface area contributed by atoms with Crippen molar-refractivity contribution in [1.82, 2.24) is 15.5 Å². The van der Waals surface area contributed by atoms with Crippen LogP contribution in [0.4, 0.5) is 4.79 Å². The lowest BCUT2D eigenvalue weighted by molar-refractivity contribution is -0.125. The summed E-state index contributed by atoms with van der Waals surface area (Å²) < 4.78 is 0. The second-order valence-electron chi connectivity index (χ2n) is 6.23. The summed E-state index contributed by atoms with van der Waals surface area (Å²) in [6.45, 7) is 0.675. The molecule has 0 radical (unpaired) electrons. The fraction of sp³-hybridized carbons (Fsp3) is 0.389. The van der Waals surface area contributed by atoms with Crippen LogP contribution < -0.4 is 10.6 Å². The Kier molecular flexibility index (Phi) is 4.98. The third kappa shape index (κ3) is 4.06. The number of carbonyl (C=O) groups excluding carboxylic acids is 3. The van der Waals surface area contributed by atoms with Gasteiger partial charge in [0.25, 0.3) is 5.91 Å². The molecule has 2 N–H and O–H groups in total. The highest BCUT2D eigenvalue weighted by Crippen LogP contribution is 2.36. The normalized spacial score (nSPS) is 17.0. The molecule has 0 saturated carbocycles. The van der Waals surface area contributed by atoms with Crippen LogP contribution >= 0.6 is 0 Å². The van der Waals surface area contributed by atoms with Gasteiger partial charge in [-0.25, -0.2) is 4.79 Å². The SMILES string of the molecule is C#CCCC1(CCNC(=O)c2ccc(CN3C(=O)CNC3=O)cc2)N=N1. The largest absolute Gasteiger partial charge is 0.352 e. The zero-order valence-corrected chi connectivity index (χ0v) is 14.2. The number of nitrogens with one attached hydrogen (secondary N) is 2. The molecular weight excluding hydrogens is 334 g/mol. The van der Waals surface area contributed by atoms with Gasteiger partial charge >= 0.3 is 6.03 Å². The fourth-order valence-corrected chi connectivity index (χ4v) is 2.71. The Morgan fingerprint density at radius 2 is 2.00 bits per heavy atom. The van der Waals surface area contributed by atoms with Gasteiger partial charge in [0, 0.05) is 31.4 Å². The molecule has 134 valence electrons. The Morgan fingerprint density at radius 3 is 2.58 bits per heavy atom. The summed E-state index contributed by atoms with van der Waals surface area (Å²) in [5.41, 5.74) is 0.871. The second kappa shape index (κ2) is 7.35. The van der Waals surface area contributed by atoms with Gasteiger partial charge in [-0.2, -0.15) is 10.2 Å². The van der Waals surface area contributed by atoms with Gasteiger partial charge in [0.1, 0.15) is 0 Å². The molecule has 0 aliphatic carbocycles. The maximum absolute atomic E-state index is 12.2. The molecule has 0 unspecified atom stereocenters. The van der Waals surface area contributed by atoms with Crippen molar-refractivity contribution in [3.63, 3.8) is 0 Å². The quantitative estimate of drug-likeness (QED) is 0.546. The van der Waals surface area contributed by atoms with Crippen LogP contribution in [0, 0.1) is 12.3 Å². The first-order chi connectivity index (χ1) is 12.5. The van der Waals surface area contributed by atoms with Crippen LogP contribution in [0.2, 0.25) is 0 Å². The van der Waals surface area contributed by atoms with Crippen molar-refractivity contribution in [2.24, 2.45) is 10.2 Å². The molecule has 1 saturated heterocycles. The number of amides is 4. The molecule has 1 aromatic rings. The molecule has 2 aliphatic heterocycles. The van der Waals surface area contributed by atoms with Crippen molar-refractivity contribution in [2.45, 2.75) is 31.5 Å². The number of rotatable bonds is 8. The standard InChI is InChI=1S/C18H19N5O3/c1-2-3-8-18(21-22-18)9-10-19-16(25)14-6-4-13(5-7-14)12-23-15(24)11-20-17(23)26/h1,4-7H,3,8-12H2,(H,19,25)(H,20,26). The van der Waals surface area contributed by atoms with E-state index in [1.807, 2.05) is 0 Å². The van der Waals surface area contributed by atoms with E-state index < -0.39 is 11.7 Å². The number of terminal acetylenes is 1. The van der Waals surface area contributed by atoms with Crippen LogP contribution in [0.25, 0.3) is 0 Å². The lowest BCUT2D eigenvalue weighted by Gasteiger charge is -2.13. The fourth-order valence-electron chi connectivity index (χ4n) is 2.71. The summed E-state index contributed by atoms with van der Waals surface area (Å²) in [6, 6.07) is 6.40. The minimum Gasteiger partial charge on any atom is -0.352 e. The predicted octanol–water partition coefficient (Wildman–Crippen LogP) is 1.43. The van der Waals surface area contributed by atoms with Gasteiger partial charge in [0.05, 0.1) is 13.1 Å². The first-order valence-electron chi connectivity index (χ1n) is 8.36. The number of nitrogens with zero attached hydrogens (tertiary/aromatic N) is 3. The third-order valence-electron chi connectivity index (χ3n) is 4.36. The van der Waals surface area contributed by atoms with Crippen LogP contribution in [0.3, 0.4) is 0 Å². The van der Waals surface area contributed by atoms with Crippen molar-refractivity contribution in [3.8, 4) is 12.3 Å². The van der Waals surface area contributed by atoms with E-state index in [4.69, 9.17) is 6.42 Å². The van der Waals surface area contributed by atoms with E-state index in [1.165, 1.54) is 0 Å². The Hall–Kier alpha value is -3.21. The Balaban J connectivity index is 1.47. The van der Waals surface area contributed by atoms with E-state index in [2.05, 4.69) is 26.8 Å². The van der Waals surface area contributed by atoms with E-state index in [1.54, 1.807) is 24.3 Å². The van der Waals surface area contributed by atoms with Gasteiger partial charge < -0.3 is 10.6 Å². The Bertz CT molecular complexity index is 772. The van der Waals surface area contributed by atoms with Gasteiger partial charge in [-0.05, 0) is 17.7 Å². The second-order valence-corrected chi connectivity index (χ2v) is 6.23. The lowest BCUT2D eigenvalue weighted by atomic mass is 10.0. The third-order valence-corrected chi connectivity index (χ3v) is 4.36. The monoisotopic (exact) mass is 353 g/mol. The van der Waals surface area contributed by atoms with Crippen LogP contribution in [0.1, 0.15) is 35.2 Å². The minimum atomic E-state index is -0.410. The number of benzene rings is 1. The molecule has 8 heteroatoms. The Morgan fingerprint density at radius 1 is 1.27 bits per heavy atom. The first-order valence-corrected chi connectivity index (χ1v) is 8.36. The zero-order valence-electron chi connectivity index (χ0n) is 14.2. The van der Waals surface area contributed by atoms with Gasteiger partial charge in [-0.15, -0.1) is 12.3 Å². The molecule has 0 bridgehead atoms. The van der Waals surface area contributed by atoms with Crippen molar-refractivity contribution in [2.75, 3.05) is 13.1 Å². The maximum atomic E-state index is 12.2. The highest BCUT2D eigenvalue weighted by molar-refractivity contribution is 6.01. The molecule has 1 aromatic carbocycles. The smallest absolute Gasteiger partial charge is 0.324 e. The molecular formula is C18H19N5O3. The minimum absolute atomic E-state index is 0.0285. The van der Waals surface area contributed by atoms with Crippen LogP contribution in [0.15, 0.2) is 34.5 Å². The molecule has 2 aliphatic rings. The van der Waals surface area contributed by atoms with Crippen molar-refractivity contribution < 1.29 is 14.4 Å². The molecule has 26 heavy (non-hydrogen) atoms. The van der Waals surface area contributed by atoms with Gasteiger partial charge in [-0.3, -0.25) is 14.5 Å². The summed E-state index contributed by atoms with van der Waals surface area (Å²) in [4.78, 5) is 36.5. The van der Waals surface area contributed by atoms with E-state index in [-0.39, 0.29) is 24.9 Å². The van der Waals surface area contributed by atoms with Crippen molar-refractivity contribution in [3.05, 3.63) is 35.4 Å². The number of imide groups is 1. The molecule has 1 fully saturated rings. The lowest BCUT2D eigenvalue weighted by Crippen LogP contribution is -2.30. The molecule has 2 heterocycles. The number of urea groups is 1. The van der Waals surface area contributed by atoms with Gasteiger partial charge in [-0.1, -0.05) is 12.1 Å². The average molecular weight is 353 g/mol. The van der Waals surface area contributed by atoms with Crippen molar-refractivity contribution >= 4 is 17.8 Å². The molecule has 0 spiro atoms. The molecule has 8 nitrogen and oxygen atoms in total. The van der Waals surface area contributed by atoms with Crippen LogP contribution in [-0.4, -0.2) is 41.5 Å². The molecule has 4 amide bonds. The summed E-state index contributed by atoms with van der Waals surface area (Å²) in [6.07, 6.45) is 7.19. The summed E-state index contributed by atoms with van der Waals surface area (Å²) >= 11 is 0. The average Bonchev–Trinajstić information content (AvgIpc) is 3.35. The molecule has 3 rings (SSSR count). The van der Waals surface area contributed by atoms with E-state index in [0.29, 0.717) is 31.4 Å². The highest BCUT2D eigenvalue weighted by atomic mass is 16.2. The summed E-state index contributed by atoms with van der Waals surface area (Å²) in [5.74, 6) is 2.12. The van der Waals surface area contributed by atoms with Crippen LogP contribution in [0.5, 0.6) is 0 Å². The number of hydrogen-bond acceptors (Lipinski definition) is 5. The maximum Gasteiger partial charge on any atom is 0.324 e. The van der Waals surface area contributed by atoms with Crippen LogP contribution in [-0.2, 0) is 11.3 Å². The summed E-state index contributed by atoms with van der Waals surface area (Å²) in [7, 11) is 0. The first kappa shape index (κ1) is 17.6. The molecule has 0 atom stereocenters. The van der Waals surface area contributed by atoms with E-state index >= 15 is 0 Å². The highest BCUT2D eigenvalue weighted by Gasteiger charge is 2.38. The van der Waals surface area contributed by atoms with Crippen molar-refractivity contribution in [1.29, 1.82) is 0 Å². The predicted molar refractivity (Wildman–Crippen MR) is 93.0 cm³/mol. The molecule has 0 aromatic heterocycles. The van der Waals surface area contributed by atoms with Gasteiger partial charge in [0.15, 0.2) is 5.66 Å². The van der Waals surface area contributed by atoms with E-state index in [0.717, 1.165) is 10.5 Å². The van der Waals surface area contributed by atoms with Gasteiger partial charge in [0.2, 0.25) is 5.91 Å². The number of hydrogen-bond donors (Lipinski definition) is 2. The number of carbonyl (C=O) groups is 3. The summed E-state index contributed by atoms with van der Waals surface area (Å²) in [5, 5.41) is 13.4. The van der Waals surface area contributed by atoms with E-state index in [9.17, 15) is 14.4 Å². The zero-order chi connectivity index (χ0) is 18.6.